The highest BCUT2D eigenvalue weighted by Gasteiger charge is 2.25. The molecule has 1 heterocycles. The molecule has 0 saturated carbocycles. The second-order valence-electron chi connectivity index (χ2n) is 4.25. The van der Waals surface area contributed by atoms with E-state index >= 15 is 0 Å². The maximum atomic E-state index is 13.5. The average Bonchev–Trinajstić information content (AvgIpc) is 2.41. The second kappa shape index (κ2) is 6.60. The molecule has 5 nitrogen and oxygen atoms in total. The Kier molecular flexibility index (Phi) is 4.84. The van der Waals surface area contributed by atoms with Gasteiger partial charge in [-0.2, -0.15) is 0 Å². The number of hydrogen-bond donors (Lipinski definition) is 2. The molecule has 1 saturated heterocycles. The van der Waals surface area contributed by atoms with Gasteiger partial charge in [0.05, 0.1) is 12.4 Å². The number of carbonyl (C=O) groups excluding carboxylic acids is 2. The van der Waals surface area contributed by atoms with Gasteiger partial charge in [0.25, 0.3) is 0 Å². The first-order valence-corrected chi connectivity index (χ1v) is 7.17. The molecule has 2 rings (SSSR count). The highest BCUT2D eigenvalue weighted by Crippen LogP contribution is 2.22. The van der Waals surface area contributed by atoms with Crippen molar-refractivity contribution in [2.24, 2.45) is 0 Å². The fourth-order valence-electron chi connectivity index (χ4n) is 1.84. The van der Waals surface area contributed by atoms with Crippen LogP contribution in [0.4, 0.5) is 10.1 Å². The summed E-state index contributed by atoms with van der Waals surface area (Å²) >= 11 is 1.45. The Bertz CT molecular complexity index is 524. The van der Waals surface area contributed by atoms with Crippen LogP contribution < -0.4 is 15.4 Å². The zero-order chi connectivity index (χ0) is 14.5. The lowest BCUT2D eigenvalue weighted by molar-refractivity contribution is -0.123. The minimum absolute atomic E-state index is 0.0736. The van der Waals surface area contributed by atoms with Gasteiger partial charge >= 0.3 is 0 Å². The fraction of sp³-hybridized carbons (Fsp3) is 0.385. The molecule has 7 heteroatoms. The highest BCUT2D eigenvalue weighted by atomic mass is 32.2. The number of rotatable bonds is 4. The third-order valence-electron chi connectivity index (χ3n) is 2.82. The van der Waals surface area contributed by atoms with Crippen LogP contribution in [0, 0.1) is 5.82 Å². The number of anilines is 1. The van der Waals surface area contributed by atoms with Crippen molar-refractivity contribution in [2.75, 3.05) is 24.7 Å². The van der Waals surface area contributed by atoms with Crippen LogP contribution in [-0.2, 0) is 9.59 Å². The lowest BCUT2D eigenvalue weighted by Crippen LogP contribution is -2.40. The number of carbonyl (C=O) groups is 2. The number of hydrogen-bond acceptors (Lipinski definition) is 4. The third-order valence-corrected chi connectivity index (χ3v) is 4.04. The van der Waals surface area contributed by atoms with Gasteiger partial charge in [0, 0.05) is 30.5 Å². The molecule has 1 aromatic rings. The van der Waals surface area contributed by atoms with Crippen molar-refractivity contribution in [1.82, 2.24) is 5.32 Å². The van der Waals surface area contributed by atoms with E-state index in [1.807, 2.05) is 0 Å². The van der Waals surface area contributed by atoms with Gasteiger partial charge in [-0.3, -0.25) is 9.59 Å². The number of halogens is 1. The smallest absolute Gasteiger partial charge is 0.233 e. The molecule has 1 aliphatic heterocycles. The van der Waals surface area contributed by atoms with E-state index in [1.165, 1.54) is 31.0 Å². The Labute approximate surface area is 120 Å². The highest BCUT2D eigenvalue weighted by molar-refractivity contribution is 8.00. The van der Waals surface area contributed by atoms with Crippen molar-refractivity contribution in [3.8, 4) is 5.75 Å². The molecule has 1 aliphatic rings. The normalized spacial score (nSPS) is 18.3. The van der Waals surface area contributed by atoms with Gasteiger partial charge in [-0.25, -0.2) is 4.39 Å². The Morgan fingerprint density at radius 3 is 3.05 bits per heavy atom. The monoisotopic (exact) mass is 298 g/mol. The molecule has 0 radical (unpaired) electrons. The summed E-state index contributed by atoms with van der Waals surface area (Å²) < 4.78 is 18.3. The summed E-state index contributed by atoms with van der Waals surface area (Å²) in [5.41, 5.74) is 0.342. The van der Waals surface area contributed by atoms with E-state index in [2.05, 4.69) is 10.6 Å². The Balaban J connectivity index is 1.94. The van der Waals surface area contributed by atoms with Crippen molar-refractivity contribution in [3.05, 3.63) is 24.0 Å². The van der Waals surface area contributed by atoms with Crippen molar-refractivity contribution < 1.29 is 18.7 Å². The molecule has 0 bridgehead atoms. The van der Waals surface area contributed by atoms with E-state index in [4.69, 9.17) is 4.74 Å². The van der Waals surface area contributed by atoms with Gasteiger partial charge in [-0.05, 0) is 12.1 Å². The summed E-state index contributed by atoms with van der Waals surface area (Å²) in [4.78, 5) is 23.4. The zero-order valence-electron chi connectivity index (χ0n) is 10.9. The van der Waals surface area contributed by atoms with Gasteiger partial charge in [0.2, 0.25) is 11.8 Å². The Morgan fingerprint density at radius 1 is 1.60 bits per heavy atom. The molecule has 0 aromatic heterocycles. The van der Waals surface area contributed by atoms with E-state index in [0.717, 1.165) is 5.75 Å². The van der Waals surface area contributed by atoms with Crippen molar-refractivity contribution in [1.29, 1.82) is 0 Å². The molecule has 1 unspecified atom stereocenters. The number of benzene rings is 1. The molecule has 0 aliphatic carbocycles. The molecule has 2 amide bonds. The minimum atomic E-state index is -0.546. The number of nitrogens with one attached hydrogen (secondary N) is 2. The van der Waals surface area contributed by atoms with E-state index in [9.17, 15) is 14.0 Å². The molecule has 1 atom stereocenters. The summed E-state index contributed by atoms with van der Waals surface area (Å²) in [6, 6.07) is 4.17. The first kappa shape index (κ1) is 14.6. The van der Waals surface area contributed by atoms with Gasteiger partial charge < -0.3 is 15.4 Å². The Hall–Kier alpha value is -1.76. The van der Waals surface area contributed by atoms with Crippen LogP contribution in [0.15, 0.2) is 18.2 Å². The fourth-order valence-corrected chi connectivity index (χ4v) is 2.85. The maximum Gasteiger partial charge on any atom is 0.233 e. The van der Waals surface area contributed by atoms with Crippen LogP contribution in [0.2, 0.25) is 0 Å². The first-order chi connectivity index (χ1) is 9.60. The molecule has 0 spiro atoms. The molecule has 1 fully saturated rings. The second-order valence-corrected chi connectivity index (χ2v) is 5.56. The predicted molar refractivity (Wildman–Crippen MR) is 75.5 cm³/mol. The summed E-state index contributed by atoms with van der Waals surface area (Å²) in [6.07, 6.45) is 0.0736. The molecule has 2 N–H and O–H groups in total. The van der Waals surface area contributed by atoms with Gasteiger partial charge in [-0.1, -0.05) is 0 Å². The molecule has 1 aromatic carbocycles. The number of ether oxygens (including phenoxy) is 1. The summed E-state index contributed by atoms with van der Waals surface area (Å²) in [7, 11) is 1.37. The van der Waals surface area contributed by atoms with Crippen LogP contribution in [-0.4, -0.2) is 36.5 Å². The molecular weight excluding hydrogens is 283 g/mol. The van der Waals surface area contributed by atoms with E-state index < -0.39 is 5.82 Å². The quantitative estimate of drug-likeness (QED) is 0.881. The van der Waals surface area contributed by atoms with E-state index in [1.54, 1.807) is 6.07 Å². The van der Waals surface area contributed by atoms with Crippen LogP contribution in [0.3, 0.4) is 0 Å². The lowest BCUT2D eigenvalue weighted by Gasteiger charge is -2.20. The number of thioether (sulfide) groups is 1. The largest absolute Gasteiger partial charge is 0.494 e. The molecule has 108 valence electrons. The van der Waals surface area contributed by atoms with Crippen LogP contribution in [0.5, 0.6) is 5.75 Å². The standard InChI is InChI=1S/C13H15FN2O3S/c1-19-10-3-2-8(6-9(10)14)16-12(17)7-11-13(18)15-4-5-20-11/h2-3,6,11H,4-5,7H2,1H3,(H,15,18)(H,16,17). The minimum Gasteiger partial charge on any atom is -0.494 e. The summed E-state index contributed by atoms with van der Waals surface area (Å²) in [5, 5.41) is 4.90. The van der Waals surface area contributed by atoms with Gasteiger partial charge in [0.1, 0.15) is 0 Å². The van der Waals surface area contributed by atoms with Crippen LogP contribution in [0.25, 0.3) is 0 Å². The van der Waals surface area contributed by atoms with Crippen LogP contribution in [0.1, 0.15) is 6.42 Å². The van der Waals surface area contributed by atoms with Gasteiger partial charge in [-0.15, -0.1) is 11.8 Å². The van der Waals surface area contributed by atoms with E-state index in [0.29, 0.717) is 12.2 Å². The third kappa shape index (κ3) is 3.63. The SMILES string of the molecule is COc1ccc(NC(=O)CC2SCCNC2=O)cc1F. The lowest BCUT2D eigenvalue weighted by atomic mass is 10.2. The zero-order valence-corrected chi connectivity index (χ0v) is 11.8. The number of methoxy groups -OCH3 is 1. The maximum absolute atomic E-state index is 13.5. The number of amides is 2. The van der Waals surface area contributed by atoms with E-state index in [-0.39, 0.29) is 29.2 Å². The molecule has 20 heavy (non-hydrogen) atoms. The topological polar surface area (TPSA) is 67.4 Å². The predicted octanol–water partition coefficient (Wildman–Crippen LogP) is 1.39. The van der Waals surface area contributed by atoms with Crippen molar-refractivity contribution >= 4 is 29.3 Å². The molecular formula is C13H15FN2O3S. The van der Waals surface area contributed by atoms with Crippen LogP contribution >= 0.6 is 11.8 Å². The summed E-state index contributed by atoms with van der Waals surface area (Å²) in [5.74, 6) is -0.0809. The van der Waals surface area contributed by atoms with Gasteiger partial charge in [0.15, 0.2) is 11.6 Å². The summed E-state index contributed by atoms with van der Waals surface area (Å²) in [6.45, 7) is 0.630. The average molecular weight is 298 g/mol. The first-order valence-electron chi connectivity index (χ1n) is 6.13. The van der Waals surface area contributed by atoms with Crippen molar-refractivity contribution in [3.63, 3.8) is 0 Å². The Morgan fingerprint density at radius 2 is 2.40 bits per heavy atom. The van der Waals surface area contributed by atoms with Crippen molar-refractivity contribution in [2.45, 2.75) is 11.7 Å².